The molecule has 74 valence electrons. The van der Waals surface area contributed by atoms with Gasteiger partial charge in [-0.05, 0) is 0 Å². The van der Waals surface area contributed by atoms with E-state index in [1.54, 1.807) is 0 Å². The largest absolute Gasteiger partial charge is 0.479 e. The molecule has 5 atom stereocenters. The van der Waals surface area contributed by atoms with Crippen LogP contribution in [0.15, 0.2) is 0 Å². The summed E-state index contributed by atoms with van der Waals surface area (Å²) in [7, 11) is 0. The summed E-state index contributed by atoms with van der Waals surface area (Å²) in [6.07, 6.45) is -7.14. The van der Waals surface area contributed by atoms with Gasteiger partial charge in [-0.25, -0.2) is 4.79 Å². The van der Waals surface area contributed by atoms with E-state index in [0.717, 1.165) is 0 Å². The molecule has 0 aromatic heterocycles. The number of aliphatic carboxylic acids is 1. The maximum atomic E-state index is 10.5. The van der Waals surface area contributed by atoms with Gasteiger partial charge in [-0.15, -0.1) is 0 Å². The molecule has 1 fully saturated rings. The first kappa shape index (κ1) is 10.3. The summed E-state index contributed by atoms with van der Waals surface area (Å²) < 4.78 is 4.67. The van der Waals surface area contributed by atoms with Gasteiger partial charge in [0.05, 0.1) is 6.92 Å². The number of carboxylic acids is 1. The van der Waals surface area contributed by atoms with Gasteiger partial charge >= 0.3 is 5.97 Å². The maximum absolute atomic E-state index is 10.5. The molecule has 4 N–H and O–H groups in total. The highest BCUT2D eigenvalue weighted by molar-refractivity contribution is 5.73. The molecule has 13 heavy (non-hydrogen) atoms. The van der Waals surface area contributed by atoms with Gasteiger partial charge in [0.1, 0.15) is 12.2 Å². The molecule has 6 heteroatoms. The van der Waals surface area contributed by atoms with Crippen LogP contribution in [0.2, 0.25) is 0 Å². The molecule has 0 bridgehead atoms. The van der Waals surface area contributed by atoms with Gasteiger partial charge in [0.2, 0.25) is 6.10 Å². The molecule has 1 rings (SSSR count). The van der Waals surface area contributed by atoms with E-state index in [4.69, 9.17) is 20.4 Å². The lowest BCUT2D eigenvalue weighted by molar-refractivity contribution is -0.218. The molecule has 0 spiro atoms. The zero-order valence-electron chi connectivity index (χ0n) is 6.70. The van der Waals surface area contributed by atoms with Gasteiger partial charge in [-0.1, -0.05) is 0 Å². The molecule has 0 saturated carbocycles. The lowest BCUT2D eigenvalue weighted by Crippen LogP contribution is -2.58. The van der Waals surface area contributed by atoms with Gasteiger partial charge in [-0.2, -0.15) is 0 Å². The predicted molar refractivity (Wildman–Crippen MR) is 39.7 cm³/mol. The molecule has 0 aromatic carbocycles. The number of rotatable bonds is 1. The number of ether oxygens (including phenoxy) is 1. The summed E-state index contributed by atoms with van der Waals surface area (Å²) in [6.45, 7) is 3.29. The van der Waals surface area contributed by atoms with Crippen molar-refractivity contribution in [1.82, 2.24) is 0 Å². The summed E-state index contributed by atoms with van der Waals surface area (Å²) >= 11 is 0. The minimum atomic E-state index is -1.63. The van der Waals surface area contributed by atoms with Crippen molar-refractivity contribution in [3.63, 3.8) is 0 Å². The summed E-state index contributed by atoms with van der Waals surface area (Å²) in [6, 6.07) is 0. The summed E-state index contributed by atoms with van der Waals surface area (Å²) in [5.74, 6) is -1.40. The molecular formula is C7H11O6+. The van der Waals surface area contributed by atoms with Crippen LogP contribution in [0.25, 0.3) is 0 Å². The Kier molecular flexibility index (Phi) is 2.77. The Balaban J connectivity index is 2.76. The fourth-order valence-corrected chi connectivity index (χ4v) is 1.15. The Morgan fingerprint density at radius 1 is 1.15 bits per heavy atom. The number of hydrogen-bond acceptors (Lipinski definition) is 5. The van der Waals surface area contributed by atoms with Crippen molar-refractivity contribution in [1.29, 1.82) is 0 Å². The van der Waals surface area contributed by atoms with Crippen molar-refractivity contribution in [3.05, 3.63) is 6.92 Å². The van der Waals surface area contributed by atoms with Crippen LogP contribution in [-0.4, -0.2) is 56.9 Å². The number of hydrogen-bond donors (Lipinski definition) is 4. The third-order valence-corrected chi connectivity index (χ3v) is 1.96. The molecule has 0 amide bonds. The molecule has 1 aliphatic rings. The van der Waals surface area contributed by atoms with E-state index >= 15 is 0 Å². The monoisotopic (exact) mass is 191 g/mol. The summed E-state index contributed by atoms with van der Waals surface area (Å²) in [5, 5.41) is 36.0. The normalized spacial score (nSPS) is 45.9. The first-order valence-corrected chi connectivity index (χ1v) is 3.70. The van der Waals surface area contributed by atoms with Crippen LogP contribution < -0.4 is 0 Å². The third-order valence-electron chi connectivity index (χ3n) is 1.96. The number of aliphatic hydroxyl groups is 3. The maximum Gasteiger partial charge on any atom is 0.335 e. The van der Waals surface area contributed by atoms with E-state index in [1.165, 1.54) is 0 Å². The molecule has 1 heterocycles. The Morgan fingerprint density at radius 3 is 2.15 bits per heavy atom. The predicted octanol–water partition coefficient (Wildman–Crippen LogP) is -2.24. The highest BCUT2D eigenvalue weighted by atomic mass is 16.6. The van der Waals surface area contributed by atoms with Crippen molar-refractivity contribution in [2.24, 2.45) is 0 Å². The first-order valence-electron chi connectivity index (χ1n) is 3.70. The van der Waals surface area contributed by atoms with Crippen LogP contribution >= 0.6 is 0 Å². The standard InChI is InChI=1S/C7H10O6/c1-2-3(8)4(9)5(10)6(13-2)7(11)12/h2-6,8-10H,1H2/p+1/t2-,3+,4?,5+,6?/m1/s1. The number of carboxylic acid groups (broad SMARTS) is 1. The van der Waals surface area contributed by atoms with Crippen LogP contribution in [0.1, 0.15) is 0 Å². The zero-order chi connectivity index (χ0) is 10.2. The van der Waals surface area contributed by atoms with Crippen LogP contribution in [0.3, 0.4) is 0 Å². The number of carbonyl (C=O) groups is 1. The van der Waals surface area contributed by atoms with Gasteiger partial charge in [0, 0.05) is 0 Å². The van der Waals surface area contributed by atoms with Crippen molar-refractivity contribution in [3.8, 4) is 0 Å². The van der Waals surface area contributed by atoms with E-state index in [1.807, 2.05) is 0 Å². The minimum absolute atomic E-state index is 1.06. The highest BCUT2D eigenvalue weighted by Gasteiger charge is 2.47. The van der Waals surface area contributed by atoms with Crippen molar-refractivity contribution in [2.75, 3.05) is 0 Å². The molecule has 6 nitrogen and oxygen atoms in total. The fraction of sp³-hybridized carbons (Fsp3) is 0.714. The Labute approximate surface area is 74.4 Å². The molecule has 0 aliphatic carbocycles. The van der Waals surface area contributed by atoms with Gasteiger partial charge in [-0.3, -0.25) is 0 Å². The molecular weight excluding hydrogens is 180 g/mol. The second-order valence-electron chi connectivity index (χ2n) is 2.91. The zero-order valence-corrected chi connectivity index (χ0v) is 6.70. The molecule has 2 unspecified atom stereocenters. The third kappa shape index (κ3) is 1.75. The molecule has 0 radical (unpaired) electrons. The van der Waals surface area contributed by atoms with Crippen LogP contribution in [-0.2, 0) is 9.53 Å². The quantitative estimate of drug-likeness (QED) is 0.349. The second-order valence-corrected chi connectivity index (χ2v) is 2.91. The lowest BCUT2D eigenvalue weighted by atomic mass is 9.96. The minimum Gasteiger partial charge on any atom is -0.479 e. The van der Waals surface area contributed by atoms with Crippen molar-refractivity contribution in [2.45, 2.75) is 30.5 Å². The first-order chi connectivity index (χ1) is 5.95. The Morgan fingerprint density at radius 2 is 1.69 bits per heavy atom. The SMILES string of the molecule is [CH2+][C@H]1OC(C(=O)O)[C@@H](O)C(O)[C@H]1O. The topological polar surface area (TPSA) is 107 Å². The summed E-state index contributed by atoms with van der Waals surface area (Å²) in [4.78, 5) is 10.5. The molecule has 1 saturated heterocycles. The molecule has 0 aromatic rings. The van der Waals surface area contributed by atoms with Crippen molar-refractivity contribution < 1.29 is 30.0 Å². The van der Waals surface area contributed by atoms with E-state index < -0.39 is 36.5 Å². The second kappa shape index (κ2) is 3.51. The smallest absolute Gasteiger partial charge is 0.335 e. The van der Waals surface area contributed by atoms with Crippen LogP contribution in [0, 0.1) is 6.92 Å². The summed E-state index contributed by atoms with van der Waals surface area (Å²) in [5.41, 5.74) is 0. The van der Waals surface area contributed by atoms with Gasteiger partial charge < -0.3 is 25.2 Å². The van der Waals surface area contributed by atoms with Crippen LogP contribution in [0.5, 0.6) is 0 Å². The van der Waals surface area contributed by atoms with Crippen LogP contribution in [0.4, 0.5) is 0 Å². The Hall–Kier alpha value is -0.820. The van der Waals surface area contributed by atoms with Gasteiger partial charge in [0.25, 0.3) is 0 Å². The van der Waals surface area contributed by atoms with Gasteiger partial charge in [0.15, 0.2) is 12.2 Å². The lowest BCUT2D eigenvalue weighted by Gasteiger charge is -2.34. The highest BCUT2D eigenvalue weighted by Crippen LogP contribution is 2.20. The number of aliphatic hydroxyl groups excluding tert-OH is 3. The Bertz CT molecular complexity index is 205. The fourth-order valence-electron chi connectivity index (χ4n) is 1.15. The van der Waals surface area contributed by atoms with E-state index in [-0.39, 0.29) is 0 Å². The van der Waals surface area contributed by atoms with E-state index in [9.17, 15) is 4.79 Å². The average Bonchev–Trinajstić information content (AvgIpc) is 2.07. The molecule has 1 aliphatic heterocycles. The van der Waals surface area contributed by atoms with E-state index in [0.29, 0.717) is 0 Å². The average molecular weight is 191 g/mol. The van der Waals surface area contributed by atoms with Crippen molar-refractivity contribution >= 4 is 5.97 Å². The van der Waals surface area contributed by atoms with E-state index in [2.05, 4.69) is 11.7 Å².